The van der Waals surface area contributed by atoms with E-state index in [4.69, 9.17) is 10.5 Å². The van der Waals surface area contributed by atoms with Crippen LogP contribution < -0.4 is 20.3 Å². The van der Waals surface area contributed by atoms with Gasteiger partial charge < -0.3 is 20.3 Å². The van der Waals surface area contributed by atoms with E-state index in [-0.39, 0.29) is 30.4 Å². The minimum absolute atomic E-state index is 0.00240. The maximum absolute atomic E-state index is 13.7. The zero-order valence-electron chi connectivity index (χ0n) is 16.4. The summed E-state index contributed by atoms with van der Waals surface area (Å²) in [6.07, 6.45) is -7.31. The molecule has 1 aliphatic rings. The van der Waals surface area contributed by atoms with E-state index in [1.165, 1.54) is 14.5 Å². The van der Waals surface area contributed by atoms with Crippen molar-refractivity contribution in [2.24, 2.45) is 7.05 Å². The number of rotatable bonds is 6. The summed E-state index contributed by atoms with van der Waals surface area (Å²) < 4.78 is 72.4. The summed E-state index contributed by atoms with van der Waals surface area (Å²) in [7, 11) is 3.15. The average molecular weight is 437 g/mol. The molecule has 3 heterocycles. The van der Waals surface area contributed by atoms with Crippen molar-refractivity contribution in [3.05, 3.63) is 5.82 Å². The largest absolute Gasteiger partial charge is 0.451 e. The molecule has 2 aromatic heterocycles. The van der Waals surface area contributed by atoms with Gasteiger partial charge >= 0.3 is 12.2 Å². The molecule has 0 saturated carbocycles. The molecule has 15 heteroatoms. The fourth-order valence-electron chi connectivity index (χ4n) is 2.82. The van der Waals surface area contributed by atoms with Crippen LogP contribution in [0.25, 0.3) is 0 Å². The van der Waals surface area contributed by atoms with Gasteiger partial charge in [0.25, 0.3) is 5.92 Å². The lowest BCUT2D eigenvalue weighted by Crippen LogP contribution is -2.33. The Morgan fingerprint density at radius 2 is 2.00 bits per heavy atom. The van der Waals surface area contributed by atoms with Crippen molar-refractivity contribution in [2.45, 2.75) is 38.1 Å². The maximum atomic E-state index is 13.7. The van der Waals surface area contributed by atoms with Crippen molar-refractivity contribution in [1.82, 2.24) is 30.2 Å². The number of nitrogen functional groups attached to an aromatic ring is 1. The van der Waals surface area contributed by atoms with Crippen LogP contribution in [0.1, 0.15) is 19.2 Å². The summed E-state index contributed by atoms with van der Waals surface area (Å²) >= 11 is 0. The molecule has 30 heavy (non-hydrogen) atoms. The molecule has 1 atom stereocenters. The van der Waals surface area contributed by atoms with Crippen LogP contribution in [0.4, 0.5) is 39.3 Å². The Hall–Kier alpha value is -3.00. The van der Waals surface area contributed by atoms with E-state index < -0.39 is 37.2 Å². The summed E-state index contributed by atoms with van der Waals surface area (Å²) in [5, 5.41) is 11.0. The predicted molar refractivity (Wildman–Crippen MR) is 95.3 cm³/mol. The first-order chi connectivity index (χ1) is 13.9. The van der Waals surface area contributed by atoms with Crippen LogP contribution in [0.3, 0.4) is 0 Å². The zero-order valence-corrected chi connectivity index (χ0v) is 16.4. The third-order valence-corrected chi connectivity index (χ3v) is 4.55. The van der Waals surface area contributed by atoms with Gasteiger partial charge in [-0.05, 0) is 17.4 Å². The van der Waals surface area contributed by atoms with E-state index in [1.807, 2.05) is 0 Å². The van der Waals surface area contributed by atoms with E-state index >= 15 is 0 Å². The quantitative estimate of drug-likeness (QED) is 0.670. The molecule has 0 amide bonds. The van der Waals surface area contributed by atoms with E-state index in [0.29, 0.717) is 5.82 Å². The molecule has 1 aliphatic heterocycles. The van der Waals surface area contributed by atoms with Crippen molar-refractivity contribution in [1.29, 1.82) is 0 Å². The standard InChI is InChI=1S/C15H20F5N9O/c1-8(15(18,19)20)30-13-22-11(27(2)6-9-24-25-26-28(9)3)10(21)12(23-13)29-5-4-14(16,17)7-29/h8H,4-7,21H2,1-3H3/t8-/m0/s1. The SMILES string of the molecule is C[C@H](Oc1nc(N(C)Cc2nnnn2C)c(N)c(N2CCC(F)(F)C2)n1)C(F)(F)F. The van der Waals surface area contributed by atoms with Gasteiger partial charge in [-0.25, -0.2) is 13.5 Å². The Balaban J connectivity index is 1.98. The van der Waals surface area contributed by atoms with Crippen LogP contribution in [-0.2, 0) is 13.6 Å². The molecule has 0 bridgehead atoms. The van der Waals surface area contributed by atoms with E-state index in [1.54, 1.807) is 14.1 Å². The molecule has 0 aromatic carbocycles. The Morgan fingerprint density at radius 3 is 2.53 bits per heavy atom. The molecule has 166 valence electrons. The molecule has 1 fully saturated rings. The molecular weight excluding hydrogens is 417 g/mol. The highest BCUT2D eigenvalue weighted by Gasteiger charge is 2.41. The van der Waals surface area contributed by atoms with Crippen molar-refractivity contribution in [3.8, 4) is 6.01 Å². The second kappa shape index (κ2) is 7.68. The van der Waals surface area contributed by atoms with Crippen molar-refractivity contribution >= 4 is 17.3 Å². The Morgan fingerprint density at radius 1 is 1.30 bits per heavy atom. The lowest BCUT2D eigenvalue weighted by molar-refractivity contribution is -0.190. The monoisotopic (exact) mass is 437 g/mol. The van der Waals surface area contributed by atoms with Crippen LogP contribution in [-0.4, -0.2) is 68.5 Å². The topological polar surface area (TPSA) is 111 Å². The Labute approximate surface area is 167 Å². The highest BCUT2D eigenvalue weighted by molar-refractivity contribution is 5.76. The van der Waals surface area contributed by atoms with E-state index in [9.17, 15) is 22.0 Å². The van der Waals surface area contributed by atoms with Gasteiger partial charge in [0.05, 0.1) is 13.1 Å². The van der Waals surface area contributed by atoms with Crippen LogP contribution in [0, 0.1) is 0 Å². The summed E-state index contributed by atoms with van der Waals surface area (Å²) in [5.74, 6) is -2.67. The van der Waals surface area contributed by atoms with Crippen LogP contribution in [0.5, 0.6) is 6.01 Å². The highest BCUT2D eigenvalue weighted by Crippen LogP contribution is 2.37. The third kappa shape index (κ3) is 4.59. The number of alkyl halides is 5. The molecule has 10 nitrogen and oxygen atoms in total. The number of hydrogen-bond acceptors (Lipinski definition) is 9. The van der Waals surface area contributed by atoms with Crippen LogP contribution in [0.2, 0.25) is 0 Å². The Kier molecular flexibility index (Phi) is 5.56. The summed E-state index contributed by atoms with van der Waals surface area (Å²) in [5.41, 5.74) is 6.04. The van der Waals surface area contributed by atoms with E-state index in [0.717, 1.165) is 6.92 Å². The predicted octanol–water partition coefficient (Wildman–Crippen LogP) is 1.39. The first-order valence-electron chi connectivity index (χ1n) is 8.83. The average Bonchev–Trinajstić information content (AvgIpc) is 3.20. The van der Waals surface area contributed by atoms with Gasteiger partial charge in [0, 0.05) is 27.1 Å². The third-order valence-electron chi connectivity index (χ3n) is 4.55. The number of halogens is 5. The number of tetrazole rings is 1. The highest BCUT2D eigenvalue weighted by atomic mass is 19.4. The van der Waals surface area contributed by atoms with Gasteiger partial charge in [-0.3, -0.25) is 0 Å². The first kappa shape index (κ1) is 21.7. The van der Waals surface area contributed by atoms with Gasteiger partial charge in [0.15, 0.2) is 23.6 Å². The number of aryl methyl sites for hydroxylation is 1. The molecule has 0 unspecified atom stereocenters. The molecule has 2 N–H and O–H groups in total. The minimum Gasteiger partial charge on any atom is -0.451 e. The molecule has 0 spiro atoms. The zero-order chi connectivity index (χ0) is 22.3. The number of anilines is 3. The second-order valence-electron chi connectivity index (χ2n) is 6.97. The van der Waals surface area contributed by atoms with E-state index in [2.05, 4.69) is 25.5 Å². The second-order valence-corrected chi connectivity index (χ2v) is 6.97. The van der Waals surface area contributed by atoms with Crippen LogP contribution >= 0.6 is 0 Å². The van der Waals surface area contributed by atoms with Gasteiger partial charge in [0.2, 0.25) is 0 Å². The van der Waals surface area contributed by atoms with Crippen LogP contribution in [0.15, 0.2) is 0 Å². The fraction of sp³-hybridized carbons (Fsp3) is 0.667. The molecule has 1 saturated heterocycles. The smallest absolute Gasteiger partial charge is 0.425 e. The van der Waals surface area contributed by atoms with Gasteiger partial charge in [0.1, 0.15) is 5.69 Å². The normalized spacial score (nSPS) is 17.3. The summed E-state index contributed by atoms with van der Waals surface area (Å²) in [6.45, 7) is 0.143. The number of ether oxygens (including phenoxy) is 1. The number of aromatic nitrogens is 6. The van der Waals surface area contributed by atoms with Crippen molar-refractivity contribution < 1.29 is 26.7 Å². The molecular formula is C15H20F5N9O. The number of nitrogens with two attached hydrogens (primary N) is 1. The van der Waals surface area contributed by atoms with Gasteiger partial charge in [-0.2, -0.15) is 23.1 Å². The molecule has 3 rings (SSSR count). The molecule has 0 radical (unpaired) electrons. The number of hydrogen-bond donors (Lipinski definition) is 1. The number of nitrogens with zero attached hydrogens (tertiary/aromatic N) is 8. The lowest BCUT2D eigenvalue weighted by atomic mass is 10.3. The Bertz CT molecular complexity index is 903. The van der Waals surface area contributed by atoms with Crippen molar-refractivity contribution in [2.75, 3.05) is 35.7 Å². The summed E-state index contributed by atoms with van der Waals surface area (Å²) in [4.78, 5) is 10.5. The van der Waals surface area contributed by atoms with Gasteiger partial charge in [-0.15, -0.1) is 5.10 Å². The van der Waals surface area contributed by atoms with Crippen molar-refractivity contribution in [3.63, 3.8) is 0 Å². The van der Waals surface area contributed by atoms with Gasteiger partial charge in [-0.1, -0.05) is 0 Å². The maximum Gasteiger partial charge on any atom is 0.425 e. The molecule has 2 aromatic rings. The molecule has 0 aliphatic carbocycles. The minimum atomic E-state index is -4.66. The summed E-state index contributed by atoms with van der Waals surface area (Å²) in [6, 6.07) is -0.628. The first-order valence-corrected chi connectivity index (χ1v) is 8.83. The fourth-order valence-corrected chi connectivity index (χ4v) is 2.82. The lowest BCUT2D eigenvalue weighted by Gasteiger charge is -2.25.